The third-order valence-electron chi connectivity index (χ3n) is 2.93. The number of halogens is 1. The summed E-state index contributed by atoms with van der Waals surface area (Å²) in [5.41, 5.74) is 2.90. The van der Waals surface area contributed by atoms with Gasteiger partial charge < -0.3 is 14.2 Å². The summed E-state index contributed by atoms with van der Waals surface area (Å²) in [5, 5.41) is 8.72. The van der Waals surface area contributed by atoms with E-state index in [1.807, 2.05) is 53.2 Å². The topological polar surface area (TPSA) is 46.8 Å². The summed E-state index contributed by atoms with van der Waals surface area (Å²) in [6, 6.07) is 11.8. The first kappa shape index (κ1) is 13.4. The minimum absolute atomic E-state index is 0.0207. The molecule has 0 aliphatic heterocycles. The van der Waals surface area contributed by atoms with Crippen LogP contribution in [-0.2, 0) is 0 Å². The maximum Gasteiger partial charge on any atom is 0.137 e. The van der Waals surface area contributed by atoms with Crippen molar-refractivity contribution in [2.45, 2.75) is 0 Å². The second-order valence-electron chi connectivity index (χ2n) is 4.34. The maximum atomic E-state index is 8.72. The zero-order valence-corrected chi connectivity index (χ0v) is 12.8. The first-order chi connectivity index (χ1) is 9.76. The normalized spacial score (nSPS) is 10.9. The number of hydrogen-bond acceptors (Lipinski definition) is 3. The van der Waals surface area contributed by atoms with Gasteiger partial charge in [-0.3, -0.25) is 0 Å². The lowest BCUT2D eigenvalue weighted by atomic mass is 10.2. The SMILES string of the molecule is OCCOc1ccc(-c2cn3cc([123I])ccc3n2)cc1. The molecule has 0 unspecified atom stereocenters. The molecule has 2 aromatic heterocycles. The van der Waals surface area contributed by atoms with Crippen molar-refractivity contribution in [2.75, 3.05) is 13.2 Å². The van der Waals surface area contributed by atoms with Crippen LogP contribution in [0.1, 0.15) is 0 Å². The van der Waals surface area contributed by atoms with Crippen LogP contribution in [0.25, 0.3) is 16.9 Å². The quantitative estimate of drug-likeness (QED) is 0.713. The van der Waals surface area contributed by atoms with Gasteiger partial charge in [0.1, 0.15) is 18.0 Å². The summed E-state index contributed by atoms with van der Waals surface area (Å²) < 4.78 is 8.54. The fraction of sp³-hybridized carbons (Fsp3) is 0.133. The Labute approximate surface area is 130 Å². The van der Waals surface area contributed by atoms with Crippen molar-refractivity contribution in [1.29, 1.82) is 0 Å². The summed E-state index contributed by atoms with van der Waals surface area (Å²) in [5.74, 6) is 0.751. The number of benzene rings is 1. The molecule has 0 spiro atoms. The highest BCUT2D eigenvalue weighted by molar-refractivity contribution is 14.1. The Morgan fingerprint density at radius 3 is 2.65 bits per heavy atom. The fourth-order valence-electron chi connectivity index (χ4n) is 1.99. The Bertz CT molecular complexity index is 722. The van der Waals surface area contributed by atoms with Crippen LogP contribution in [-0.4, -0.2) is 27.7 Å². The molecule has 0 bridgehead atoms. The molecule has 20 heavy (non-hydrogen) atoms. The van der Waals surface area contributed by atoms with Gasteiger partial charge in [0.15, 0.2) is 0 Å². The number of aromatic nitrogens is 2. The molecule has 0 fully saturated rings. The number of aliphatic hydroxyl groups excluding tert-OH is 1. The van der Waals surface area contributed by atoms with Crippen LogP contribution in [0.15, 0.2) is 48.8 Å². The van der Waals surface area contributed by atoms with E-state index in [2.05, 4.69) is 27.6 Å². The number of fused-ring (bicyclic) bond motifs is 1. The van der Waals surface area contributed by atoms with E-state index in [1.165, 1.54) is 3.57 Å². The summed E-state index contributed by atoms with van der Waals surface area (Å²) in [7, 11) is 0. The number of ether oxygens (including phenoxy) is 1. The molecule has 0 saturated carbocycles. The van der Waals surface area contributed by atoms with Gasteiger partial charge in [-0.2, -0.15) is 0 Å². The van der Waals surface area contributed by atoms with Gasteiger partial charge in [-0.05, 0) is 59.0 Å². The van der Waals surface area contributed by atoms with E-state index >= 15 is 0 Å². The molecule has 1 aromatic carbocycles. The Kier molecular flexibility index (Phi) is 3.88. The molecule has 102 valence electrons. The molecule has 4 nitrogen and oxygen atoms in total. The van der Waals surface area contributed by atoms with Crippen LogP contribution in [0.5, 0.6) is 5.75 Å². The van der Waals surface area contributed by atoms with Gasteiger partial charge in [-0.25, -0.2) is 4.98 Å². The predicted octanol–water partition coefficient (Wildman–Crippen LogP) is 2.98. The molecule has 3 rings (SSSR count). The van der Waals surface area contributed by atoms with Crippen LogP contribution < -0.4 is 4.74 Å². The average Bonchev–Trinajstić information content (AvgIpc) is 2.88. The number of nitrogens with zero attached hydrogens (tertiary/aromatic N) is 2. The highest BCUT2D eigenvalue weighted by Crippen LogP contribution is 2.22. The largest absolute Gasteiger partial charge is 0.491 e. The first-order valence-corrected chi connectivity index (χ1v) is 7.32. The lowest BCUT2D eigenvalue weighted by Gasteiger charge is -2.04. The van der Waals surface area contributed by atoms with Gasteiger partial charge in [-0.15, -0.1) is 0 Å². The molecule has 0 saturated heterocycles. The average molecular weight is 376 g/mol. The van der Waals surface area contributed by atoms with Gasteiger partial charge in [0.05, 0.1) is 12.3 Å². The smallest absolute Gasteiger partial charge is 0.137 e. The van der Waals surface area contributed by atoms with Gasteiger partial charge in [0.25, 0.3) is 0 Å². The van der Waals surface area contributed by atoms with E-state index in [1.54, 1.807) is 0 Å². The third-order valence-corrected chi connectivity index (χ3v) is 3.56. The van der Waals surface area contributed by atoms with Crippen LogP contribution in [0.3, 0.4) is 0 Å². The van der Waals surface area contributed by atoms with Crippen molar-refractivity contribution < 1.29 is 9.84 Å². The molecule has 2 heterocycles. The Hall–Kier alpha value is -1.60. The van der Waals surface area contributed by atoms with Gasteiger partial charge in [0.2, 0.25) is 0 Å². The molecule has 0 aliphatic carbocycles. The molecule has 0 aliphatic rings. The highest BCUT2D eigenvalue weighted by atomic mass is 123. The van der Waals surface area contributed by atoms with Crippen molar-refractivity contribution in [3.8, 4) is 17.0 Å². The Morgan fingerprint density at radius 1 is 1.10 bits per heavy atom. The number of aliphatic hydroxyl groups is 1. The first-order valence-electron chi connectivity index (χ1n) is 6.24. The minimum Gasteiger partial charge on any atom is -0.491 e. The Balaban J connectivity index is 1.90. The van der Waals surface area contributed by atoms with Crippen LogP contribution >= 0.6 is 22.6 Å². The molecular weight excluding hydrogens is 363 g/mol. The van der Waals surface area contributed by atoms with Crippen LogP contribution in [0, 0.1) is 3.57 Å². The zero-order chi connectivity index (χ0) is 13.9. The molecule has 0 radical (unpaired) electrons. The van der Waals surface area contributed by atoms with Crippen LogP contribution in [0.4, 0.5) is 0 Å². The van der Waals surface area contributed by atoms with Crippen molar-refractivity contribution in [2.24, 2.45) is 0 Å². The van der Waals surface area contributed by atoms with Gasteiger partial charge >= 0.3 is 0 Å². The summed E-state index contributed by atoms with van der Waals surface area (Å²) in [6.45, 7) is 0.332. The standard InChI is InChI=1S/C15H13IN2O2/c16-12-3-6-15-17-14(10-18(15)9-12)11-1-4-13(5-2-11)20-8-7-19/h1-6,9-10,19H,7-8H2/i16-4. The van der Waals surface area contributed by atoms with E-state index < -0.39 is 0 Å². The highest BCUT2D eigenvalue weighted by Gasteiger charge is 2.05. The number of imidazole rings is 1. The molecule has 0 amide bonds. The molecule has 1 N–H and O–H groups in total. The third kappa shape index (κ3) is 2.78. The van der Waals surface area contributed by atoms with E-state index in [-0.39, 0.29) is 6.61 Å². The monoisotopic (exact) mass is 376 g/mol. The molecule has 3 aromatic rings. The summed E-state index contributed by atoms with van der Waals surface area (Å²) in [6.07, 6.45) is 4.06. The second kappa shape index (κ2) is 5.80. The summed E-state index contributed by atoms with van der Waals surface area (Å²) in [4.78, 5) is 4.59. The number of rotatable bonds is 4. The number of pyridine rings is 1. The van der Waals surface area contributed by atoms with Gasteiger partial charge in [-0.1, -0.05) is 0 Å². The van der Waals surface area contributed by atoms with Crippen LogP contribution in [0.2, 0.25) is 0 Å². The number of hydrogen-bond donors (Lipinski definition) is 1. The molecule has 5 heteroatoms. The van der Waals surface area contributed by atoms with E-state index in [4.69, 9.17) is 9.84 Å². The molecule has 0 atom stereocenters. The van der Waals surface area contributed by atoms with Crippen molar-refractivity contribution in [3.63, 3.8) is 0 Å². The molecular formula is C15H13IN2O2. The summed E-state index contributed by atoms with van der Waals surface area (Å²) >= 11 is 2.28. The van der Waals surface area contributed by atoms with Crippen molar-refractivity contribution in [1.82, 2.24) is 9.38 Å². The van der Waals surface area contributed by atoms with Gasteiger partial charge in [0, 0.05) is 21.5 Å². The zero-order valence-electron chi connectivity index (χ0n) is 10.7. The second-order valence-corrected chi connectivity index (χ2v) is 5.58. The Morgan fingerprint density at radius 2 is 1.90 bits per heavy atom. The van der Waals surface area contributed by atoms with Crippen molar-refractivity contribution >= 4 is 28.2 Å². The van der Waals surface area contributed by atoms with E-state index in [0.717, 1.165) is 22.7 Å². The van der Waals surface area contributed by atoms with E-state index in [0.29, 0.717) is 6.61 Å². The minimum atomic E-state index is 0.0207. The maximum absolute atomic E-state index is 8.72. The fourth-order valence-corrected chi connectivity index (χ4v) is 2.47. The van der Waals surface area contributed by atoms with E-state index in [9.17, 15) is 0 Å². The lowest BCUT2D eigenvalue weighted by Crippen LogP contribution is -2.01. The van der Waals surface area contributed by atoms with Crippen molar-refractivity contribution in [3.05, 3.63) is 52.4 Å². The predicted molar refractivity (Wildman–Crippen MR) is 85.9 cm³/mol. The lowest BCUT2D eigenvalue weighted by molar-refractivity contribution is 0.201.